The van der Waals surface area contributed by atoms with Crippen LogP contribution in [0.3, 0.4) is 0 Å². The van der Waals surface area contributed by atoms with Crippen LogP contribution in [0.4, 0.5) is 5.69 Å². The van der Waals surface area contributed by atoms with E-state index in [1.54, 1.807) is 5.57 Å². The van der Waals surface area contributed by atoms with Gasteiger partial charge >= 0.3 is 5.97 Å². The molecule has 28 heavy (non-hydrogen) atoms. The summed E-state index contributed by atoms with van der Waals surface area (Å²) in [6.45, 7) is 9.15. The number of carbonyl (C=O) groups is 2. The van der Waals surface area contributed by atoms with E-state index in [-0.39, 0.29) is 22.8 Å². The molecular formula is C24H31NO3. The molecule has 0 heterocycles. The van der Waals surface area contributed by atoms with Gasteiger partial charge in [-0.05, 0) is 55.1 Å². The van der Waals surface area contributed by atoms with Gasteiger partial charge in [-0.3, -0.25) is 4.79 Å². The van der Waals surface area contributed by atoms with Gasteiger partial charge in [-0.25, -0.2) is 4.79 Å². The van der Waals surface area contributed by atoms with Crippen LogP contribution in [0.1, 0.15) is 59.8 Å². The first kappa shape index (κ1) is 20.4. The fraction of sp³-hybridized carbons (Fsp3) is 0.500. The van der Waals surface area contributed by atoms with Crippen LogP contribution >= 0.6 is 0 Å². The fourth-order valence-corrected chi connectivity index (χ4v) is 4.91. The molecule has 0 aliphatic heterocycles. The Bertz CT molecular complexity index is 818. The van der Waals surface area contributed by atoms with Crippen molar-refractivity contribution in [2.75, 3.05) is 4.90 Å². The molecule has 0 bridgehead atoms. The molecule has 2 aliphatic rings. The third-order valence-corrected chi connectivity index (χ3v) is 6.45. The molecule has 0 saturated carbocycles. The lowest BCUT2D eigenvalue weighted by molar-refractivity contribution is -0.131. The molecule has 1 aromatic rings. The highest BCUT2D eigenvalue weighted by molar-refractivity contribution is 6.04. The Hall–Kier alpha value is -2.36. The van der Waals surface area contributed by atoms with Gasteiger partial charge in [0, 0.05) is 23.9 Å². The van der Waals surface area contributed by atoms with E-state index in [1.807, 2.05) is 35.2 Å². The molecule has 0 fully saturated rings. The Morgan fingerprint density at radius 1 is 1.11 bits per heavy atom. The summed E-state index contributed by atoms with van der Waals surface area (Å²) in [6.07, 6.45) is 7.45. The van der Waals surface area contributed by atoms with Crippen molar-refractivity contribution in [1.82, 2.24) is 0 Å². The maximum Gasteiger partial charge on any atom is 0.328 e. The Morgan fingerprint density at radius 2 is 1.79 bits per heavy atom. The number of anilines is 1. The maximum absolute atomic E-state index is 13.1. The summed E-state index contributed by atoms with van der Waals surface area (Å²) >= 11 is 0. The zero-order valence-corrected chi connectivity index (χ0v) is 17.4. The smallest absolute Gasteiger partial charge is 0.328 e. The summed E-state index contributed by atoms with van der Waals surface area (Å²) in [5.74, 6) is -1.38. The zero-order chi connectivity index (χ0) is 20.5. The van der Waals surface area contributed by atoms with Gasteiger partial charge in [-0.15, -0.1) is 0 Å². The third kappa shape index (κ3) is 4.06. The molecule has 1 amide bonds. The molecule has 0 aromatic heterocycles. The predicted octanol–water partition coefficient (Wildman–Crippen LogP) is 5.36. The zero-order valence-electron chi connectivity index (χ0n) is 17.4. The van der Waals surface area contributed by atoms with Crippen LogP contribution in [0.5, 0.6) is 0 Å². The fourth-order valence-electron chi connectivity index (χ4n) is 4.91. The van der Waals surface area contributed by atoms with E-state index in [0.29, 0.717) is 0 Å². The van der Waals surface area contributed by atoms with E-state index in [1.165, 1.54) is 24.5 Å². The summed E-state index contributed by atoms with van der Waals surface area (Å²) in [7, 11) is 0. The normalized spacial score (nSPS) is 23.4. The first-order valence-corrected chi connectivity index (χ1v) is 10.1. The molecule has 1 aromatic carbocycles. The van der Waals surface area contributed by atoms with Crippen LogP contribution in [0.15, 0.2) is 53.6 Å². The Labute approximate surface area is 167 Å². The van der Waals surface area contributed by atoms with Gasteiger partial charge in [0.15, 0.2) is 0 Å². The number of carbonyl (C=O) groups excluding carboxylic acids is 1. The van der Waals surface area contributed by atoms with Crippen LogP contribution in [0.2, 0.25) is 0 Å². The van der Waals surface area contributed by atoms with Gasteiger partial charge < -0.3 is 10.0 Å². The quantitative estimate of drug-likeness (QED) is 0.564. The van der Waals surface area contributed by atoms with Gasteiger partial charge in [0.05, 0.1) is 0 Å². The van der Waals surface area contributed by atoms with Crippen LogP contribution in [-0.2, 0) is 9.59 Å². The monoisotopic (exact) mass is 381 g/mol. The van der Waals surface area contributed by atoms with E-state index in [2.05, 4.69) is 27.7 Å². The number of carboxylic acids is 1. The minimum atomic E-state index is -1.11. The lowest BCUT2D eigenvalue weighted by Crippen LogP contribution is -2.51. The Morgan fingerprint density at radius 3 is 2.43 bits per heavy atom. The molecule has 0 unspecified atom stereocenters. The molecule has 4 heteroatoms. The largest absolute Gasteiger partial charge is 0.478 e. The molecule has 3 rings (SSSR count). The van der Waals surface area contributed by atoms with Crippen molar-refractivity contribution >= 4 is 17.6 Å². The van der Waals surface area contributed by atoms with Crippen molar-refractivity contribution in [3.8, 4) is 0 Å². The molecule has 1 atom stereocenters. The standard InChI is InChI=1S/C24H31NO3/c1-23(2)14-8-9-17-15-20(24(3,4)16-19(17)23)25(18-10-6-5-7-11-18)21(26)12-13-22(27)28/h5-7,10-13,20H,8-9,14-16H2,1-4H3,(H,27,28)/t20-/m0/s1. The van der Waals surface area contributed by atoms with Crippen LogP contribution in [0.25, 0.3) is 0 Å². The average molecular weight is 382 g/mol. The van der Waals surface area contributed by atoms with Gasteiger partial charge in [-0.1, -0.05) is 57.0 Å². The van der Waals surface area contributed by atoms with E-state index in [9.17, 15) is 9.59 Å². The molecule has 1 N–H and O–H groups in total. The lowest BCUT2D eigenvalue weighted by atomic mass is 9.60. The maximum atomic E-state index is 13.1. The number of carboxylic acid groups (broad SMARTS) is 1. The van der Waals surface area contributed by atoms with E-state index in [0.717, 1.165) is 31.0 Å². The molecule has 2 aliphatic carbocycles. The molecule has 4 nitrogen and oxygen atoms in total. The van der Waals surface area contributed by atoms with Crippen LogP contribution in [0, 0.1) is 10.8 Å². The number of hydrogen-bond acceptors (Lipinski definition) is 2. The first-order chi connectivity index (χ1) is 13.1. The van der Waals surface area contributed by atoms with Crippen molar-refractivity contribution in [3.05, 3.63) is 53.6 Å². The molecule has 150 valence electrons. The highest BCUT2D eigenvalue weighted by Crippen LogP contribution is 2.53. The first-order valence-electron chi connectivity index (χ1n) is 10.1. The number of hydrogen-bond donors (Lipinski definition) is 1. The van der Waals surface area contributed by atoms with Crippen molar-refractivity contribution in [3.63, 3.8) is 0 Å². The lowest BCUT2D eigenvalue weighted by Gasteiger charge is -2.50. The number of aliphatic carboxylic acids is 1. The van der Waals surface area contributed by atoms with E-state index in [4.69, 9.17) is 5.11 Å². The summed E-state index contributed by atoms with van der Waals surface area (Å²) in [6, 6.07) is 9.61. The van der Waals surface area contributed by atoms with Gasteiger partial charge in [0.1, 0.15) is 0 Å². The van der Waals surface area contributed by atoms with Crippen molar-refractivity contribution in [2.45, 2.75) is 65.8 Å². The number of allylic oxidation sites excluding steroid dienone is 1. The molecule has 0 radical (unpaired) electrons. The Kier molecular flexibility index (Phi) is 5.51. The number of rotatable bonds is 4. The molecule has 0 saturated heterocycles. The number of nitrogens with zero attached hydrogens (tertiary/aromatic N) is 1. The summed E-state index contributed by atoms with van der Waals surface area (Å²) in [5, 5.41) is 8.97. The molecule has 0 spiro atoms. The summed E-state index contributed by atoms with van der Waals surface area (Å²) in [4.78, 5) is 25.9. The van der Waals surface area contributed by atoms with Crippen molar-refractivity contribution in [1.29, 1.82) is 0 Å². The number of amides is 1. The third-order valence-electron chi connectivity index (χ3n) is 6.45. The van der Waals surface area contributed by atoms with E-state index < -0.39 is 5.97 Å². The SMILES string of the molecule is CC1(C)CCCC2=C1CC(C)(C)[C@@H](N(C(=O)C=CC(=O)O)c1ccccc1)C2. The van der Waals surface area contributed by atoms with Gasteiger partial charge in [0.25, 0.3) is 5.91 Å². The van der Waals surface area contributed by atoms with Crippen molar-refractivity contribution in [2.24, 2.45) is 10.8 Å². The van der Waals surface area contributed by atoms with Gasteiger partial charge in [0.2, 0.25) is 0 Å². The van der Waals surface area contributed by atoms with Crippen LogP contribution in [-0.4, -0.2) is 23.0 Å². The minimum Gasteiger partial charge on any atom is -0.478 e. The molecular weight excluding hydrogens is 350 g/mol. The topological polar surface area (TPSA) is 57.6 Å². The highest BCUT2D eigenvalue weighted by Gasteiger charge is 2.45. The highest BCUT2D eigenvalue weighted by atomic mass is 16.4. The van der Waals surface area contributed by atoms with E-state index >= 15 is 0 Å². The second-order valence-electron chi connectivity index (χ2n) is 9.42. The Balaban J connectivity index is 2.03. The second kappa shape index (κ2) is 7.57. The average Bonchev–Trinajstić information content (AvgIpc) is 2.62. The summed E-state index contributed by atoms with van der Waals surface area (Å²) in [5.41, 5.74) is 4.01. The van der Waals surface area contributed by atoms with Crippen molar-refractivity contribution < 1.29 is 14.7 Å². The van der Waals surface area contributed by atoms with Crippen LogP contribution < -0.4 is 4.90 Å². The minimum absolute atomic E-state index is 0.00602. The second-order valence-corrected chi connectivity index (χ2v) is 9.42. The van der Waals surface area contributed by atoms with Gasteiger partial charge in [-0.2, -0.15) is 0 Å². The predicted molar refractivity (Wildman–Crippen MR) is 112 cm³/mol. The number of benzene rings is 1. The summed E-state index contributed by atoms with van der Waals surface area (Å²) < 4.78 is 0. The number of para-hydroxylation sites is 1.